The summed E-state index contributed by atoms with van der Waals surface area (Å²) < 4.78 is 10.2. The molecular formula is C14H19NO5S. The zero-order valence-corrected chi connectivity index (χ0v) is 13.0. The molecule has 2 N–H and O–H groups in total. The molecule has 7 heteroatoms. The molecular weight excluding hydrogens is 294 g/mol. The Kier molecular flexibility index (Phi) is 6.87. The molecule has 0 saturated carbocycles. The molecule has 0 heterocycles. The van der Waals surface area contributed by atoms with E-state index in [1.54, 1.807) is 12.1 Å². The molecule has 21 heavy (non-hydrogen) atoms. The number of ether oxygens (including phenoxy) is 2. The number of amides is 1. The van der Waals surface area contributed by atoms with Gasteiger partial charge in [-0.1, -0.05) is 0 Å². The van der Waals surface area contributed by atoms with E-state index in [0.717, 1.165) is 0 Å². The quantitative estimate of drug-likeness (QED) is 0.759. The third-order valence-corrected chi connectivity index (χ3v) is 3.51. The molecule has 0 aliphatic heterocycles. The van der Waals surface area contributed by atoms with Gasteiger partial charge in [-0.25, -0.2) is 4.79 Å². The summed E-state index contributed by atoms with van der Waals surface area (Å²) in [5, 5.41) is 11.6. The van der Waals surface area contributed by atoms with Crippen molar-refractivity contribution in [3.8, 4) is 11.5 Å². The van der Waals surface area contributed by atoms with Crippen molar-refractivity contribution in [3.63, 3.8) is 0 Å². The molecule has 0 unspecified atom stereocenters. The lowest BCUT2D eigenvalue weighted by atomic mass is 10.1. The Morgan fingerprint density at radius 2 is 2.05 bits per heavy atom. The molecule has 1 aromatic carbocycles. The van der Waals surface area contributed by atoms with Crippen molar-refractivity contribution in [2.24, 2.45) is 0 Å². The maximum absolute atomic E-state index is 12.3. The third-order valence-electron chi connectivity index (χ3n) is 2.87. The number of thioether (sulfide) groups is 1. The fraction of sp³-hybridized carbons (Fsp3) is 0.429. The Morgan fingerprint density at radius 3 is 2.57 bits per heavy atom. The first kappa shape index (κ1) is 17.2. The van der Waals surface area contributed by atoms with E-state index in [1.165, 1.54) is 32.0 Å². The van der Waals surface area contributed by atoms with E-state index in [2.05, 4.69) is 5.32 Å². The second-order valence-corrected chi connectivity index (χ2v) is 5.20. The van der Waals surface area contributed by atoms with Crippen LogP contribution in [0.4, 0.5) is 0 Å². The van der Waals surface area contributed by atoms with E-state index in [4.69, 9.17) is 14.6 Å². The zero-order valence-electron chi connectivity index (χ0n) is 12.2. The predicted molar refractivity (Wildman–Crippen MR) is 81.4 cm³/mol. The van der Waals surface area contributed by atoms with Crippen molar-refractivity contribution >= 4 is 23.6 Å². The highest BCUT2D eigenvalue weighted by molar-refractivity contribution is 7.98. The number of carbonyl (C=O) groups is 2. The predicted octanol–water partition coefficient (Wildman–Crippen LogP) is 1.64. The lowest BCUT2D eigenvalue weighted by Crippen LogP contribution is -2.41. The van der Waals surface area contributed by atoms with Gasteiger partial charge in [0.15, 0.2) is 0 Å². The summed E-state index contributed by atoms with van der Waals surface area (Å²) >= 11 is 1.52. The van der Waals surface area contributed by atoms with Crippen LogP contribution < -0.4 is 14.8 Å². The first-order valence-electron chi connectivity index (χ1n) is 6.28. The van der Waals surface area contributed by atoms with Crippen molar-refractivity contribution in [2.45, 2.75) is 12.5 Å². The van der Waals surface area contributed by atoms with Crippen LogP contribution in [0.2, 0.25) is 0 Å². The van der Waals surface area contributed by atoms with Gasteiger partial charge in [-0.05, 0) is 36.6 Å². The van der Waals surface area contributed by atoms with Gasteiger partial charge in [0.05, 0.1) is 19.8 Å². The summed E-state index contributed by atoms with van der Waals surface area (Å²) in [6.07, 6.45) is 2.24. The van der Waals surface area contributed by atoms with Crippen LogP contribution in [0.1, 0.15) is 16.8 Å². The number of rotatable bonds is 8. The van der Waals surface area contributed by atoms with Gasteiger partial charge in [-0.15, -0.1) is 0 Å². The second-order valence-electron chi connectivity index (χ2n) is 4.21. The van der Waals surface area contributed by atoms with E-state index >= 15 is 0 Å². The number of carboxylic acid groups (broad SMARTS) is 1. The normalized spacial score (nSPS) is 11.6. The molecule has 1 aromatic rings. The fourth-order valence-corrected chi connectivity index (χ4v) is 2.19. The van der Waals surface area contributed by atoms with Crippen LogP contribution >= 0.6 is 11.8 Å². The summed E-state index contributed by atoms with van der Waals surface area (Å²) in [5.74, 6) is -0.0512. The van der Waals surface area contributed by atoms with Crippen molar-refractivity contribution in [2.75, 3.05) is 26.2 Å². The van der Waals surface area contributed by atoms with Gasteiger partial charge in [0.2, 0.25) is 0 Å². The smallest absolute Gasteiger partial charge is 0.326 e. The van der Waals surface area contributed by atoms with Gasteiger partial charge < -0.3 is 19.9 Å². The lowest BCUT2D eigenvalue weighted by Gasteiger charge is -2.16. The second kappa shape index (κ2) is 8.41. The molecule has 116 valence electrons. The Hall–Kier alpha value is -1.89. The largest absolute Gasteiger partial charge is 0.497 e. The molecule has 0 aromatic heterocycles. The van der Waals surface area contributed by atoms with Crippen molar-refractivity contribution in [1.82, 2.24) is 5.32 Å². The van der Waals surface area contributed by atoms with Crippen LogP contribution in [-0.4, -0.2) is 49.3 Å². The summed E-state index contributed by atoms with van der Waals surface area (Å²) in [6.45, 7) is 0. The van der Waals surface area contributed by atoms with Crippen LogP contribution in [0.15, 0.2) is 18.2 Å². The molecule has 0 saturated heterocycles. The summed E-state index contributed by atoms with van der Waals surface area (Å²) in [6, 6.07) is 3.85. The summed E-state index contributed by atoms with van der Waals surface area (Å²) in [5.41, 5.74) is 0.243. The lowest BCUT2D eigenvalue weighted by molar-refractivity contribution is -0.139. The molecule has 1 rings (SSSR count). The summed E-state index contributed by atoms with van der Waals surface area (Å²) in [4.78, 5) is 23.4. The Labute approximate surface area is 127 Å². The zero-order chi connectivity index (χ0) is 15.8. The highest BCUT2D eigenvalue weighted by Crippen LogP contribution is 2.24. The van der Waals surface area contributed by atoms with Crippen molar-refractivity contribution in [3.05, 3.63) is 23.8 Å². The minimum Gasteiger partial charge on any atom is -0.497 e. The molecule has 0 aliphatic rings. The maximum Gasteiger partial charge on any atom is 0.326 e. The Bertz CT molecular complexity index is 506. The molecule has 6 nitrogen and oxygen atoms in total. The number of hydrogen-bond acceptors (Lipinski definition) is 5. The molecule has 1 amide bonds. The molecule has 0 fully saturated rings. The van der Waals surface area contributed by atoms with Crippen LogP contribution in [0.5, 0.6) is 11.5 Å². The van der Waals surface area contributed by atoms with E-state index in [0.29, 0.717) is 23.7 Å². The van der Waals surface area contributed by atoms with Gasteiger partial charge in [0.25, 0.3) is 5.91 Å². The van der Waals surface area contributed by atoms with Crippen molar-refractivity contribution < 1.29 is 24.2 Å². The van der Waals surface area contributed by atoms with Gasteiger partial charge in [-0.2, -0.15) is 11.8 Å². The summed E-state index contributed by atoms with van der Waals surface area (Å²) in [7, 11) is 2.93. The van der Waals surface area contributed by atoms with E-state index in [-0.39, 0.29) is 5.56 Å². The fourth-order valence-electron chi connectivity index (χ4n) is 1.72. The van der Waals surface area contributed by atoms with Crippen LogP contribution in [0.25, 0.3) is 0 Å². The maximum atomic E-state index is 12.3. The number of benzene rings is 1. The molecule has 0 spiro atoms. The number of nitrogens with one attached hydrogen (secondary N) is 1. The van der Waals surface area contributed by atoms with Crippen LogP contribution in [0.3, 0.4) is 0 Å². The topological polar surface area (TPSA) is 84.9 Å². The third kappa shape index (κ3) is 4.86. The number of methoxy groups -OCH3 is 2. The highest BCUT2D eigenvalue weighted by atomic mass is 32.2. The van der Waals surface area contributed by atoms with Gasteiger partial charge in [0.1, 0.15) is 17.5 Å². The number of carbonyl (C=O) groups excluding carboxylic acids is 1. The first-order valence-corrected chi connectivity index (χ1v) is 7.67. The Balaban J connectivity index is 2.93. The Morgan fingerprint density at radius 1 is 1.33 bits per heavy atom. The monoisotopic (exact) mass is 313 g/mol. The van der Waals surface area contributed by atoms with E-state index in [1.807, 2.05) is 6.26 Å². The van der Waals surface area contributed by atoms with E-state index < -0.39 is 17.9 Å². The molecule has 0 radical (unpaired) electrons. The molecule has 1 atom stereocenters. The van der Waals surface area contributed by atoms with Crippen LogP contribution in [0, 0.1) is 0 Å². The van der Waals surface area contributed by atoms with E-state index in [9.17, 15) is 9.59 Å². The van der Waals surface area contributed by atoms with Gasteiger partial charge in [-0.3, -0.25) is 4.79 Å². The standard InChI is InChI=1S/C14H19NO5S/c1-19-9-4-5-12(20-2)10(8-9)13(16)15-11(14(17)18)6-7-21-3/h4-5,8,11H,6-7H2,1-3H3,(H,15,16)(H,17,18)/t11-/m0/s1. The number of aliphatic carboxylic acids is 1. The van der Waals surface area contributed by atoms with Crippen LogP contribution in [-0.2, 0) is 4.79 Å². The SMILES string of the molecule is COc1ccc(OC)c(C(=O)N[C@@H](CCSC)C(=O)O)c1. The van der Waals surface area contributed by atoms with Gasteiger partial charge in [0, 0.05) is 0 Å². The number of carboxylic acids is 1. The average Bonchev–Trinajstić information content (AvgIpc) is 2.50. The number of hydrogen-bond donors (Lipinski definition) is 2. The highest BCUT2D eigenvalue weighted by Gasteiger charge is 2.22. The average molecular weight is 313 g/mol. The minimum absolute atomic E-state index is 0.243. The minimum atomic E-state index is -1.06. The van der Waals surface area contributed by atoms with Gasteiger partial charge >= 0.3 is 5.97 Å². The van der Waals surface area contributed by atoms with Crippen molar-refractivity contribution in [1.29, 1.82) is 0 Å². The first-order chi connectivity index (χ1) is 10.0. The molecule has 0 aliphatic carbocycles. The molecule has 0 bridgehead atoms.